The molecule has 0 saturated carbocycles. The summed E-state index contributed by atoms with van der Waals surface area (Å²) in [6, 6.07) is 4.89. The third-order valence-electron chi connectivity index (χ3n) is 4.18. The fourth-order valence-corrected chi connectivity index (χ4v) is 3.25. The van der Waals surface area contributed by atoms with Gasteiger partial charge in [0.15, 0.2) is 0 Å². The van der Waals surface area contributed by atoms with E-state index in [1.807, 2.05) is 6.26 Å². The van der Waals surface area contributed by atoms with Crippen LogP contribution < -0.4 is 10.6 Å². The second-order valence-electron chi connectivity index (χ2n) is 6.04. The van der Waals surface area contributed by atoms with Gasteiger partial charge in [-0.05, 0) is 37.5 Å². The summed E-state index contributed by atoms with van der Waals surface area (Å²) in [5.74, 6) is 0.167. The number of hydrogen-bond acceptors (Lipinski definition) is 6. The summed E-state index contributed by atoms with van der Waals surface area (Å²) in [6.45, 7) is 2.88. The van der Waals surface area contributed by atoms with E-state index in [1.54, 1.807) is 16.7 Å². The van der Waals surface area contributed by atoms with Crippen LogP contribution in [0.5, 0.6) is 0 Å². The first-order valence-corrected chi connectivity index (χ1v) is 9.96. The first kappa shape index (κ1) is 20.2. The fraction of sp³-hybridized carbons (Fsp3) is 0.529. The van der Waals surface area contributed by atoms with Crippen LogP contribution in [0.1, 0.15) is 23.2 Å². The number of thioether (sulfide) groups is 1. The smallest absolute Gasteiger partial charge is 0.270 e. The van der Waals surface area contributed by atoms with Crippen LogP contribution in [0.3, 0.4) is 0 Å². The van der Waals surface area contributed by atoms with Crippen molar-refractivity contribution in [2.75, 3.05) is 38.2 Å². The number of nitrogens with one attached hydrogen (secondary N) is 2. The molecule has 1 aliphatic heterocycles. The Morgan fingerprint density at radius 2 is 2.19 bits per heavy atom. The van der Waals surface area contributed by atoms with E-state index in [0.29, 0.717) is 19.5 Å². The monoisotopic (exact) mass is 380 g/mol. The topological polar surface area (TPSA) is 105 Å². The molecule has 9 heteroatoms. The lowest BCUT2D eigenvalue weighted by molar-refractivity contribution is -0.384. The van der Waals surface area contributed by atoms with Crippen LogP contribution in [0.4, 0.5) is 5.69 Å². The molecule has 1 aliphatic rings. The lowest BCUT2D eigenvalue weighted by Crippen LogP contribution is -2.49. The summed E-state index contributed by atoms with van der Waals surface area (Å²) in [7, 11) is 0. The molecular weight excluding hydrogens is 356 g/mol. The van der Waals surface area contributed by atoms with Crippen LogP contribution in [0.2, 0.25) is 0 Å². The Morgan fingerprint density at radius 1 is 1.38 bits per heavy atom. The summed E-state index contributed by atoms with van der Waals surface area (Å²) >= 11 is 1.60. The van der Waals surface area contributed by atoms with E-state index < -0.39 is 16.9 Å². The number of non-ortho nitro benzene ring substituents is 1. The fourth-order valence-electron chi connectivity index (χ4n) is 2.78. The third kappa shape index (κ3) is 5.70. The summed E-state index contributed by atoms with van der Waals surface area (Å²) in [4.78, 5) is 37.5. The summed E-state index contributed by atoms with van der Waals surface area (Å²) < 4.78 is 0. The normalized spacial score (nSPS) is 15.8. The number of carbonyl (C=O) groups is 2. The van der Waals surface area contributed by atoms with E-state index >= 15 is 0 Å². The Balaban J connectivity index is 2.10. The average Bonchev–Trinajstić information content (AvgIpc) is 2.94. The van der Waals surface area contributed by atoms with E-state index in [9.17, 15) is 19.7 Å². The molecule has 2 N–H and O–H groups in total. The van der Waals surface area contributed by atoms with E-state index in [0.717, 1.165) is 25.3 Å². The van der Waals surface area contributed by atoms with Gasteiger partial charge in [0.1, 0.15) is 6.04 Å². The predicted octanol–water partition coefficient (Wildman–Crippen LogP) is 1.27. The van der Waals surface area contributed by atoms with Gasteiger partial charge in [-0.2, -0.15) is 11.8 Å². The van der Waals surface area contributed by atoms with E-state index in [2.05, 4.69) is 10.6 Å². The van der Waals surface area contributed by atoms with Crippen molar-refractivity contribution in [2.24, 2.45) is 0 Å². The largest absolute Gasteiger partial charge is 0.340 e. The zero-order chi connectivity index (χ0) is 18.9. The molecule has 1 aromatic carbocycles. The highest BCUT2D eigenvalue weighted by Crippen LogP contribution is 2.14. The SMILES string of the molecule is CSCCC(NC(=O)c1cccc([N+](=O)[O-])c1)C(=O)N1CCCNCC1. The summed E-state index contributed by atoms with van der Waals surface area (Å²) in [5, 5.41) is 16.9. The van der Waals surface area contributed by atoms with Crippen molar-refractivity contribution < 1.29 is 14.5 Å². The number of hydrogen-bond donors (Lipinski definition) is 2. The lowest BCUT2D eigenvalue weighted by Gasteiger charge is -2.26. The van der Waals surface area contributed by atoms with Gasteiger partial charge in [-0.25, -0.2) is 0 Å². The number of carbonyl (C=O) groups excluding carboxylic acids is 2. The van der Waals surface area contributed by atoms with Gasteiger partial charge < -0.3 is 15.5 Å². The number of rotatable bonds is 7. The van der Waals surface area contributed by atoms with Gasteiger partial charge in [-0.15, -0.1) is 0 Å². The molecule has 1 fully saturated rings. The number of nitro groups is 1. The van der Waals surface area contributed by atoms with Crippen molar-refractivity contribution in [3.05, 3.63) is 39.9 Å². The van der Waals surface area contributed by atoms with Crippen LogP contribution >= 0.6 is 11.8 Å². The average molecular weight is 380 g/mol. The van der Waals surface area contributed by atoms with Gasteiger partial charge in [0.2, 0.25) is 5.91 Å². The van der Waals surface area contributed by atoms with Gasteiger partial charge in [0.05, 0.1) is 4.92 Å². The lowest BCUT2D eigenvalue weighted by atomic mass is 10.1. The molecule has 0 radical (unpaired) electrons. The van der Waals surface area contributed by atoms with Gasteiger partial charge in [0, 0.05) is 37.3 Å². The molecule has 0 aliphatic carbocycles. The molecule has 0 aromatic heterocycles. The second-order valence-corrected chi connectivity index (χ2v) is 7.03. The number of nitro benzene ring substituents is 1. The van der Waals surface area contributed by atoms with Gasteiger partial charge in [0.25, 0.3) is 11.6 Å². The van der Waals surface area contributed by atoms with Crippen molar-refractivity contribution in [3.8, 4) is 0 Å². The Bertz CT molecular complexity index is 647. The van der Waals surface area contributed by atoms with E-state index in [1.165, 1.54) is 24.3 Å². The standard InChI is InChI=1S/C17H24N4O4S/c1-26-11-6-15(17(23)20-9-3-7-18-8-10-20)19-16(22)13-4-2-5-14(12-13)21(24)25/h2,4-5,12,15,18H,3,6-11H2,1H3,(H,19,22). The van der Waals surface area contributed by atoms with Crippen LogP contribution in [0, 0.1) is 10.1 Å². The summed E-state index contributed by atoms with van der Waals surface area (Å²) in [5.41, 5.74) is 0.0296. The quantitative estimate of drug-likeness (QED) is 0.545. The number of nitrogens with zero attached hydrogens (tertiary/aromatic N) is 2. The van der Waals surface area contributed by atoms with Gasteiger partial charge in [-0.1, -0.05) is 6.07 Å². The highest BCUT2D eigenvalue weighted by Gasteiger charge is 2.26. The Kier molecular flexibility index (Phi) is 7.86. The highest BCUT2D eigenvalue weighted by molar-refractivity contribution is 7.98. The first-order valence-electron chi connectivity index (χ1n) is 8.56. The molecule has 1 unspecified atom stereocenters. The Labute approximate surface area is 156 Å². The maximum Gasteiger partial charge on any atom is 0.270 e. The molecule has 1 heterocycles. The molecule has 142 valence electrons. The second kappa shape index (κ2) is 10.1. The van der Waals surface area contributed by atoms with Crippen LogP contribution in [0.15, 0.2) is 24.3 Å². The van der Waals surface area contributed by atoms with Gasteiger partial charge in [-0.3, -0.25) is 19.7 Å². The zero-order valence-electron chi connectivity index (χ0n) is 14.8. The highest BCUT2D eigenvalue weighted by atomic mass is 32.2. The molecule has 2 rings (SSSR count). The van der Waals surface area contributed by atoms with Crippen molar-refractivity contribution >= 4 is 29.3 Å². The minimum absolute atomic E-state index is 0.0958. The minimum Gasteiger partial charge on any atom is -0.340 e. The van der Waals surface area contributed by atoms with Gasteiger partial charge >= 0.3 is 0 Å². The van der Waals surface area contributed by atoms with Crippen molar-refractivity contribution in [1.29, 1.82) is 0 Å². The van der Waals surface area contributed by atoms with E-state index in [4.69, 9.17) is 0 Å². The van der Waals surface area contributed by atoms with Crippen LogP contribution in [0.25, 0.3) is 0 Å². The third-order valence-corrected chi connectivity index (χ3v) is 4.83. The molecule has 2 amide bonds. The predicted molar refractivity (Wildman–Crippen MR) is 101 cm³/mol. The number of amides is 2. The van der Waals surface area contributed by atoms with Crippen LogP contribution in [-0.4, -0.2) is 65.9 Å². The number of benzene rings is 1. The molecule has 26 heavy (non-hydrogen) atoms. The molecule has 0 bridgehead atoms. The van der Waals surface area contributed by atoms with E-state index in [-0.39, 0.29) is 17.2 Å². The summed E-state index contributed by atoms with van der Waals surface area (Å²) in [6.07, 6.45) is 3.34. The maximum atomic E-state index is 12.9. The Morgan fingerprint density at radius 3 is 2.92 bits per heavy atom. The van der Waals surface area contributed by atoms with Crippen molar-refractivity contribution in [2.45, 2.75) is 18.9 Å². The zero-order valence-corrected chi connectivity index (χ0v) is 15.6. The van der Waals surface area contributed by atoms with Crippen LogP contribution in [-0.2, 0) is 4.79 Å². The van der Waals surface area contributed by atoms with Crippen molar-refractivity contribution in [1.82, 2.24) is 15.5 Å². The molecule has 8 nitrogen and oxygen atoms in total. The molecule has 1 aromatic rings. The van der Waals surface area contributed by atoms with Crippen molar-refractivity contribution in [3.63, 3.8) is 0 Å². The maximum absolute atomic E-state index is 12.9. The molecular formula is C17H24N4O4S. The first-order chi connectivity index (χ1) is 12.5. The molecule has 1 atom stereocenters. The minimum atomic E-state index is -0.632. The molecule has 0 spiro atoms. The Hall–Kier alpha value is -2.13. The molecule has 1 saturated heterocycles.